The van der Waals surface area contributed by atoms with E-state index in [1.807, 2.05) is 17.7 Å². The Morgan fingerprint density at radius 3 is 3.18 bits per heavy atom. The lowest BCUT2D eigenvalue weighted by molar-refractivity contribution is 0.648. The maximum atomic E-state index is 4.20. The Morgan fingerprint density at radius 2 is 2.55 bits per heavy atom. The highest BCUT2D eigenvalue weighted by atomic mass is 32.1. The van der Waals surface area contributed by atoms with E-state index in [-0.39, 0.29) is 6.17 Å². The molecule has 1 aromatic heterocycles. The predicted molar refractivity (Wildman–Crippen MR) is 45.6 cm³/mol. The summed E-state index contributed by atoms with van der Waals surface area (Å²) < 4.78 is 0. The first-order valence-corrected chi connectivity index (χ1v) is 4.18. The van der Waals surface area contributed by atoms with Crippen molar-refractivity contribution in [2.24, 2.45) is 4.99 Å². The number of nitrogens with one attached hydrogen (secondary N) is 1. The molecule has 0 aromatic carbocycles. The molecule has 1 aliphatic rings. The van der Waals surface area contributed by atoms with Gasteiger partial charge in [-0.1, -0.05) is 0 Å². The minimum atomic E-state index is 0.0278. The van der Waals surface area contributed by atoms with Gasteiger partial charge in [-0.05, 0) is 12.3 Å². The van der Waals surface area contributed by atoms with Gasteiger partial charge in [-0.25, -0.2) is 4.98 Å². The quantitative estimate of drug-likeness (QED) is 0.681. The first kappa shape index (κ1) is 6.54. The molecule has 2 heterocycles. The fourth-order valence-corrected chi connectivity index (χ4v) is 1.51. The van der Waals surface area contributed by atoms with Gasteiger partial charge in [-0.15, -0.1) is 11.3 Å². The van der Waals surface area contributed by atoms with E-state index in [9.17, 15) is 0 Å². The number of thiazole rings is 1. The summed E-state index contributed by atoms with van der Waals surface area (Å²) in [7, 11) is 0. The van der Waals surface area contributed by atoms with Crippen LogP contribution in [0.2, 0.25) is 0 Å². The zero-order chi connectivity index (χ0) is 7.52. The van der Waals surface area contributed by atoms with Crippen LogP contribution in [-0.4, -0.2) is 11.2 Å². The smallest absolute Gasteiger partial charge is 0.170 e. The molecule has 1 aromatic rings. The number of aliphatic imine (C=N–C) groups is 1. The van der Waals surface area contributed by atoms with Crippen LogP contribution >= 0.6 is 11.3 Å². The van der Waals surface area contributed by atoms with Gasteiger partial charge in [0.1, 0.15) is 5.01 Å². The van der Waals surface area contributed by atoms with Gasteiger partial charge in [0.05, 0.1) is 0 Å². The van der Waals surface area contributed by atoms with Crippen molar-refractivity contribution in [1.29, 1.82) is 0 Å². The van der Waals surface area contributed by atoms with Crippen molar-refractivity contribution in [1.82, 2.24) is 10.3 Å². The summed E-state index contributed by atoms with van der Waals surface area (Å²) in [6, 6.07) is 0. The summed E-state index contributed by atoms with van der Waals surface area (Å²) in [6.45, 7) is 0. The topological polar surface area (TPSA) is 37.3 Å². The molecule has 0 radical (unpaired) electrons. The van der Waals surface area contributed by atoms with E-state index < -0.39 is 0 Å². The van der Waals surface area contributed by atoms with Crippen LogP contribution < -0.4 is 5.32 Å². The summed E-state index contributed by atoms with van der Waals surface area (Å²) in [4.78, 5) is 8.35. The van der Waals surface area contributed by atoms with Gasteiger partial charge in [0.2, 0.25) is 0 Å². The molecule has 0 fully saturated rings. The van der Waals surface area contributed by atoms with Crippen LogP contribution in [-0.2, 0) is 0 Å². The van der Waals surface area contributed by atoms with Crippen LogP contribution in [0.5, 0.6) is 0 Å². The molecule has 0 bridgehead atoms. The average molecular weight is 165 g/mol. The fraction of sp³-hybridized carbons (Fsp3) is 0.143. The van der Waals surface area contributed by atoms with Gasteiger partial charge in [-0.2, -0.15) is 0 Å². The molecule has 1 atom stereocenters. The van der Waals surface area contributed by atoms with Crippen LogP contribution in [0.4, 0.5) is 0 Å². The van der Waals surface area contributed by atoms with E-state index in [0.29, 0.717) is 0 Å². The predicted octanol–water partition coefficient (Wildman–Crippen LogP) is 1.33. The molecule has 3 nitrogen and oxygen atoms in total. The van der Waals surface area contributed by atoms with Crippen molar-refractivity contribution < 1.29 is 0 Å². The summed E-state index contributed by atoms with van der Waals surface area (Å²) >= 11 is 1.61. The maximum absolute atomic E-state index is 4.20. The van der Waals surface area contributed by atoms with Crippen LogP contribution in [0.1, 0.15) is 11.2 Å². The number of hydrogen-bond donors (Lipinski definition) is 1. The van der Waals surface area contributed by atoms with Gasteiger partial charge in [0.25, 0.3) is 0 Å². The number of nitrogens with zero attached hydrogens (tertiary/aromatic N) is 2. The van der Waals surface area contributed by atoms with Crippen LogP contribution in [0.3, 0.4) is 0 Å². The number of aromatic nitrogens is 1. The summed E-state index contributed by atoms with van der Waals surface area (Å²) in [6.07, 6.45) is 7.33. The lowest BCUT2D eigenvalue weighted by Crippen LogP contribution is -2.15. The second kappa shape index (κ2) is 2.84. The Kier molecular flexibility index (Phi) is 1.69. The van der Waals surface area contributed by atoms with Crippen molar-refractivity contribution in [3.63, 3.8) is 0 Å². The van der Waals surface area contributed by atoms with E-state index >= 15 is 0 Å². The van der Waals surface area contributed by atoms with Gasteiger partial charge in [-0.3, -0.25) is 4.99 Å². The molecule has 1 unspecified atom stereocenters. The molecule has 0 saturated carbocycles. The Bertz CT molecular complexity index is 276. The first-order valence-electron chi connectivity index (χ1n) is 3.30. The first-order chi connectivity index (χ1) is 5.47. The minimum absolute atomic E-state index is 0.0278. The summed E-state index contributed by atoms with van der Waals surface area (Å²) in [5.41, 5.74) is 0. The normalized spacial score (nSPS) is 21.6. The molecule has 0 aliphatic carbocycles. The zero-order valence-corrected chi connectivity index (χ0v) is 6.58. The maximum Gasteiger partial charge on any atom is 0.170 e. The van der Waals surface area contributed by atoms with Gasteiger partial charge >= 0.3 is 0 Å². The molecule has 0 spiro atoms. The van der Waals surface area contributed by atoms with Gasteiger partial charge in [0, 0.05) is 17.8 Å². The molecule has 2 rings (SSSR count). The third-order valence-electron chi connectivity index (χ3n) is 1.36. The van der Waals surface area contributed by atoms with Crippen molar-refractivity contribution in [2.75, 3.05) is 0 Å². The Hall–Kier alpha value is -1.16. The molecular weight excluding hydrogens is 158 g/mol. The van der Waals surface area contributed by atoms with Crippen LogP contribution in [0, 0.1) is 0 Å². The second-order valence-corrected chi connectivity index (χ2v) is 3.02. The monoisotopic (exact) mass is 165 g/mol. The van der Waals surface area contributed by atoms with Crippen molar-refractivity contribution in [3.05, 3.63) is 28.9 Å². The van der Waals surface area contributed by atoms with Gasteiger partial charge in [0.15, 0.2) is 6.17 Å². The molecule has 1 aliphatic heterocycles. The van der Waals surface area contributed by atoms with Gasteiger partial charge < -0.3 is 5.32 Å². The van der Waals surface area contributed by atoms with Crippen LogP contribution in [0.25, 0.3) is 0 Å². The van der Waals surface area contributed by atoms with Crippen LogP contribution in [0.15, 0.2) is 28.8 Å². The summed E-state index contributed by atoms with van der Waals surface area (Å²) in [5, 5.41) is 6.05. The Balaban J connectivity index is 2.19. The van der Waals surface area contributed by atoms with E-state index in [0.717, 1.165) is 5.01 Å². The lowest BCUT2D eigenvalue weighted by atomic mass is 10.4. The zero-order valence-electron chi connectivity index (χ0n) is 5.77. The fourth-order valence-electron chi connectivity index (χ4n) is 0.873. The minimum Gasteiger partial charge on any atom is -0.364 e. The van der Waals surface area contributed by atoms with E-state index in [1.165, 1.54) is 0 Å². The lowest BCUT2D eigenvalue weighted by Gasteiger charge is -2.11. The van der Waals surface area contributed by atoms with E-state index in [4.69, 9.17) is 0 Å². The summed E-state index contributed by atoms with van der Waals surface area (Å²) in [5.74, 6) is 0. The highest BCUT2D eigenvalue weighted by Gasteiger charge is 2.09. The van der Waals surface area contributed by atoms with Crippen molar-refractivity contribution in [3.8, 4) is 0 Å². The van der Waals surface area contributed by atoms with E-state index in [2.05, 4.69) is 15.3 Å². The molecule has 11 heavy (non-hydrogen) atoms. The molecular formula is C7H7N3S. The van der Waals surface area contributed by atoms with Crippen molar-refractivity contribution in [2.45, 2.75) is 6.17 Å². The largest absolute Gasteiger partial charge is 0.364 e. The van der Waals surface area contributed by atoms with E-state index in [1.54, 1.807) is 23.7 Å². The Morgan fingerprint density at radius 1 is 1.55 bits per heavy atom. The highest BCUT2D eigenvalue weighted by Crippen LogP contribution is 2.17. The SMILES string of the molecule is C1=CNC(c2nccs2)N=C1. The number of allylic oxidation sites excluding steroid dienone is 1. The van der Waals surface area contributed by atoms with Crippen molar-refractivity contribution >= 4 is 17.6 Å². The third-order valence-corrected chi connectivity index (χ3v) is 2.18. The highest BCUT2D eigenvalue weighted by molar-refractivity contribution is 7.09. The number of rotatable bonds is 1. The molecule has 0 amide bonds. The standard InChI is InChI=1S/C7H7N3S/c1-2-8-6(9-3-1)7-10-4-5-11-7/h1-6,8H. The molecule has 1 N–H and O–H groups in total. The number of hydrogen-bond acceptors (Lipinski definition) is 4. The molecule has 56 valence electrons. The molecule has 0 saturated heterocycles. The third kappa shape index (κ3) is 1.30. The second-order valence-electron chi connectivity index (χ2n) is 2.10. The molecule has 4 heteroatoms. The average Bonchev–Trinajstić information content (AvgIpc) is 2.58. The Labute approximate surface area is 68.5 Å².